The first-order valence-electron chi connectivity index (χ1n) is 5.71. The highest BCUT2D eigenvalue weighted by Crippen LogP contribution is 2.21. The lowest BCUT2D eigenvalue weighted by molar-refractivity contribution is 0.320. The Morgan fingerprint density at radius 3 is 2.56 bits per heavy atom. The fraction of sp³-hybridized carbons (Fsp3) is 0.818. The molecule has 1 rings (SSSR count). The summed E-state index contributed by atoms with van der Waals surface area (Å²) in [6.45, 7) is 5.70. The topological polar surface area (TPSA) is 68.2 Å². The van der Waals surface area contributed by atoms with Crippen LogP contribution in [0.2, 0.25) is 0 Å². The standard InChI is InChI=1S/C11H22N4O/c1-8(2)9(7-12)11-13-10(14-16-11)5-6-15(3)4/h8-9H,5-7,12H2,1-4H3. The fourth-order valence-corrected chi connectivity index (χ4v) is 1.50. The van der Waals surface area contributed by atoms with Gasteiger partial charge in [-0.2, -0.15) is 4.98 Å². The summed E-state index contributed by atoms with van der Waals surface area (Å²) in [5, 5.41) is 3.97. The average molecular weight is 226 g/mol. The normalized spacial score (nSPS) is 13.7. The van der Waals surface area contributed by atoms with E-state index >= 15 is 0 Å². The molecule has 16 heavy (non-hydrogen) atoms. The van der Waals surface area contributed by atoms with Gasteiger partial charge in [-0.25, -0.2) is 0 Å². The second kappa shape index (κ2) is 5.96. The molecule has 0 spiro atoms. The molecule has 1 heterocycles. The molecule has 0 radical (unpaired) electrons. The molecule has 92 valence electrons. The van der Waals surface area contributed by atoms with E-state index in [9.17, 15) is 0 Å². The van der Waals surface area contributed by atoms with Crippen LogP contribution in [0.5, 0.6) is 0 Å². The Labute approximate surface area is 97.0 Å². The maximum Gasteiger partial charge on any atom is 0.231 e. The molecule has 2 N–H and O–H groups in total. The summed E-state index contributed by atoms with van der Waals surface area (Å²) in [6.07, 6.45) is 0.811. The summed E-state index contributed by atoms with van der Waals surface area (Å²) in [5.41, 5.74) is 5.70. The minimum atomic E-state index is 0.167. The summed E-state index contributed by atoms with van der Waals surface area (Å²) < 4.78 is 5.25. The molecule has 0 fully saturated rings. The molecule has 0 aliphatic carbocycles. The van der Waals surface area contributed by atoms with E-state index in [1.807, 2.05) is 14.1 Å². The van der Waals surface area contributed by atoms with Crippen molar-refractivity contribution < 1.29 is 4.52 Å². The summed E-state index contributed by atoms with van der Waals surface area (Å²) in [5.74, 6) is 2.03. The van der Waals surface area contributed by atoms with Gasteiger partial charge >= 0.3 is 0 Å². The Kier molecular flexibility index (Phi) is 4.89. The molecule has 1 atom stereocenters. The van der Waals surface area contributed by atoms with Crippen molar-refractivity contribution in [2.24, 2.45) is 11.7 Å². The van der Waals surface area contributed by atoms with Crippen LogP contribution in [0.3, 0.4) is 0 Å². The predicted molar refractivity (Wildman–Crippen MR) is 63.2 cm³/mol. The number of hydrogen-bond donors (Lipinski definition) is 1. The van der Waals surface area contributed by atoms with Gasteiger partial charge in [0.05, 0.1) is 5.92 Å². The van der Waals surface area contributed by atoms with Crippen molar-refractivity contribution in [3.05, 3.63) is 11.7 Å². The van der Waals surface area contributed by atoms with Crippen LogP contribution in [0.1, 0.15) is 31.5 Å². The lowest BCUT2D eigenvalue weighted by Crippen LogP contribution is -2.18. The Hall–Kier alpha value is -0.940. The Balaban J connectivity index is 2.62. The summed E-state index contributed by atoms with van der Waals surface area (Å²) in [6, 6.07) is 0. The highest BCUT2D eigenvalue weighted by Gasteiger charge is 2.20. The van der Waals surface area contributed by atoms with Crippen molar-refractivity contribution in [3.63, 3.8) is 0 Å². The van der Waals surface area contributed by atoms with E-state index < -0.39 is 0 Å². The van der Waals surface area contributed by atoms with Gasteiger partial charge in [0.1, 0.15) is 0 Å². The Morgan fingerprint density at radius 2 is 2.06 bits per heavy atom. The monoisotopic (exact) mass is 226 g/mol. The number of nitrogens with zero attached hydrogens (tertiary/aromatic N) is 3. The Morgan fingerprint density at radius 1 is 1.38 bits per heavy atom. The molecule has 0 saturated carbocycles. The third kappa shape index (κ3) is 3.57. The zero-order valence-corrected chi connectivity index (χ0v) is 10.6. The second-order valence-corrected chi connectivity index (χ2v) is 4.69. The van der Waals surface area contributed by atoms with Crippen molar-refractivity contribution >= 4 is 0 Å². The van der Waals surface area contributed by atoms with E-state index in [1.165, 1.54) is 0 Å². The van der Waals surface area contributed by atoms with E-state index in [0.717, 1.165) is 18.8 Å². The molecular weight excluding hydrogens is 204 g/mol. The van der Waals surface area contributed by atoms with Crippen LogP contribution in [-0.2, 0) is 6.42 Å². The maximum absolute atomic E-state index is 5.70. The molecule has 0 aromatic carbocycles. The SMILES string of the molecule is CC(C)C(CN)c1nc(CCN(C)C)no1. The molecule has 0 amide bonds. The summed E-state index contributed by atoms with van der Waals surface area (Å²) >= 11 is 0. The van der Waals surface area contributed by atoms with Crippen molar-refractivity contribution in [3.8, 4) is 0 Å². The molecule has 1 aromatic heterocycles. The number of hydrogen-bond acceptors (Lipinski definition) is 5. The summed E-state index contributed by atoms with van der Waals surface area (Å²) in [4.78, 5) is 6.49. The molecule has 1 aromatic rings. The maximum atomic E-state index is 5.70. The van der Waals surface area contributed by atoms with Crippen LogP contribution in [0, 0.1) is 5.92 Å². The largest absolute Gasteiger partial charge is 0.339 e. The number of nitrogens with two attached hydrogens (primary N) is 1. The third-order valence-corrected chi connectivity index (χ3v) is 2.64. The van der Waals surface area contributed by atoms with E-state index in [0.29, 0.717) is 18.4 Å². The van der Waals surface area contributed by atoms with E-state index in [4.69, 9.17) is 10.3 Å². The molecule has 0 saturated heterocycles. The van der Waals surface area contributed by atoms with Gasteiger partial charge in [-0.1, -0.05) is 19.0 Å². The molecule has 1 unspecified atom stereocenters. The van der Waals surface area contributed by atoms with Gasteiger partial charge in [-0.3, -0.25) is 0 Å². The zero-order valence-electron chi connectivity index (χ0n) is 10.6. The van der Waals surface area contributed by atoms with Crippen LogP contribution in [0.15, 0.2) is 4.52 Å². The number of likely N-dealkylation sites (N-methyl/N-ethyl adjacent to an activating group) is 1. The van der Waals surface area contributed by atoms with Crippen molar-refractivity contribution in [1.82, 2.24) is 15.0 Å². The molecular formula is C11H22N4O. The zero-order chi connectivity index (χ0) is 12.1. The first-order chi connectivity index (χ1) is 7.54. The first kappa shape index (κ1) is 13.1. The van der Waals surface area contributed by atoms with E-state index in [-0.39, 0.29) is 5.92 Å². The van der Waals surface area contributed by atoms with Crippen molar-refractivity contribution in [1.29, 1.82) is 0 Å². The highest BCUT2D eigenvalue weighted by molar-refractivity contribution is 4.96. The van der Waals surface area contributed by atoms with Gasteiger partial charge in [-0.15, -0.1) is 0 Å². The lowest BCUT2D eigenvalue weighted by Gasteiger charge is -2.13. The highest BCUT2D eigenvalue weighted by atomic mass is 16.5. The molecule has 5 heteroatoms. The number of aromatic nitrogens is 2. The van der Waals surface area contributed by atoms with Crippen molar-refractivity contribution in [2.45, 2.75) is 26.2 Å². The van der Waals surface area contributed by atoms with Gasteiger partial charge in [0, 0.05) is 19.5 Å². The van der Waals surface area contributed by atoms with Crippen LogP contribution < -0.4 is 5.73 Å². The third-order valence-electron chi connectivity index (χ3n) is 2.64. The van der Waals surface area contributed by atoms with Crippen molar-refractivity contribution in [2.75, 3.05) is 27.2 Å². The van der Waals surface area contributed by atoms with Gasteiger partial charge in [0.25, 0.3) is 0 Å². The fourth-order valence-electron chi connectivity index (χ4n) is 1.50. The van der Waals surface area contributed by atoms with Gasteiger partial charge in [-0.05, 0) is 20.0 Å². The minimum Gasteiger partial charge on any atom is -0.339 e. The lowest BCUT2D eigenvalue weighted by atomic mass is 9.96. The average Bonchev–Trinajstić information content (AvgIpc) is 2.64. The first-order valence-corrected chi connectivity index (χ1v) is 5.71. The molecule has 5 nitrogen and oxygen atoms in total. The minimum absolute atomic E-state index is 0.167. The smallest absolute Gasteiger partial charge is 0.231 e. The molecule has 0 aliphatic rings. The van der Waals surface area contributed by atoms with Crippen LogP contribution in [-0.4, -0.2) is 42.2 Å². The van der Waals surface area contributed by atoms with Gasteiger partial charge < -0.3 is 15.2 Å². The van der Waals surface area contributed by atoms with Crippen LogP contribution in [0.25, 0.3) is 0 Å². The Bertz CT molecular complexity index is 309. The quantitative estimate of drug-likeness (QED) is 0.779. The number of rotatable bonds is 6. The van der Waals surface area contributed by atoms with Crippen LogP contribution >= 0.6 is 0 Å². The predicted octanol–water partition coefficient (Wildman–Crippen LogP) is 0.872. The van der Waals surface area contributed by atoms with E-state index in [1.54, 1.807) is 0 Å². The van der Waals surface area contributed by atoms with E-state index in [2.05, 4.69) is 28.9 Å². The second-order valence-electron chi connectivity index (χ2n) is 4.69. The molecule has 0 bridgehead atoms. The summed E-state index contributed by atoms with van der Waals surface area (Å²) in [7, 11) is 4.05. The van der Waals surface area contributed by atoms with Gasteiger partial charge in [0.15, 0.2) is 5.82 Å². The molecule has 0 aliphatic heterocycles. The van der Waals surface area contributed by atoms with Crippen LogP contribution in [0.4, 0.5) is 0 Å². The van der Waals surface area contributed by atoms with Gasteiger partial charge in [0.2, 0.25) is 5.89 Å².